The molecule has 0 aliphatic heterocycles. The number of carbonyl (C=O) groups is 1. The van der Waals surface area contributed by atoms with Crippen molar-refractivity contribution in [2.24, 2.45) is 0 Å². The summed E-state index contributed by atoms with van der Waals surface area (Å²) in [7, 11) is 1.64. The molecule has 0 radical (unpaired) electrons. The first kappa shape index (κ1) is 13.7. The van der Waals surface area contributed by atoms with Crippen molar-refractivity contribution in [2.75, 3.05) is 7.11 Å². The lowest BCUT2D eigenvalue weighted by Gasteiger charge is -2.08. The summed E-state index contributed by atoms with van der Waals surface area (Å²) in [5.41, 5.74) is 2.05. The van der Waals surface area contributed by atoms with Gasteiger partial charge in [-0.25, -0.2) is 0 Å². The topological polar surface area (TPSA) is 51.5 Å². The van der Waals surface area contributed by atoms with Gasteiger partial charge in [-0.2, -0.15) is 0 Å². The number of nitrogens with one attached hydrogen (secondary N) is 1. The fraction of sp³-hybridized carbons (Fsp3) is 0.214. The van der Waals surface area contributed by atoms with E-state index in [4.69, 9.17) is 9.15 Å². The third-order valence-electron chi connectivity index (χ3n) is 2.71. The van der Waals surface area contributed by atoms with Crippen LogP contribution in [0.4, 0.5) is 0 Å². The van der Waals surface area contributed by atoms with Gasteiger partial charge >= 0.3 is 0 Å². The van der Waals surface area contributed by atoms with Crippen LogP contribution >= 0.6 is 15.9 Å². The SMILES string of the molecule is COc1ccc(CNC(=O)c2ccc(Br)o2)cc1C. The Morgan fingerprint density at radius 1 is 1.37 bits per heavy atom. The van der Waals surface area contributed by atoms with Gasteiger partial charge in [-0.3, -0.25) is 4.79 Å². The molecule has 19 heavy (non-hydrogen) atoms. The number of hydrogen-bond donors (Lipinski definition) is 1. The monoisotopic (exact) mass is 323 g/mol. The quantitative estimate of drug-likeness (QED) is 0.939. The van der Waals surface area contributed by atoms with Crippen molar-refractivity contribution in [3.8, 4) is 5.75 Å². The highest BCUT2D eigenvalue weighted by Gasteiger charge is 2.10. The molecule has 1 aromatic heterocycles. The third-order valence-corrected chi connectivity index (χ3v) is 3.14. The summed E-state index contributed by atoms with van der Waals surface area (Å²) in [6.45, 7) is 2.41. The number of aryl methyl sites for hydroxylation is 1. The molecular weight excluding hydrogens is 310 g/mol. The van der Waals surface area contributed by atoms with E-state index in [2.05, 4.69) is 21.2 Å². The molecule has 0 unspecified atom stereocenters. The van der Waals surface area contributed by atoms with Gasteiger partial charge in [0, 0.05) is 6.54 Å². The highest BCUT2D eigenvalue weighted by atomic mass is 79.9. The molecule has 0 atom stereocenters. The van der Waals surface area contributed by atoms with E-state index in [1.54, 1.807) is 19.2 Å². The van der Waals surface area contributed by atoms with Gasteiger partial charge in [-0.15, -0.1) is 0 Å². The van der Waals surface area contributed by atoms with E-state index < -0.39 is 0 Å². The normalized spacial score (nSPS) is 10.3. The number of benzene rings is 1. The van der Waals surface area contributed by atoms with Crippen LogP contribution in [0.2, 0.25) is 0 Å². The second kappa shape index (κ2) is 5.93. The molecule has 0 aliphatic rings. The maximum atomic E-state index is 11.8. The number of carbonyl (C=O) groups excluding carboxylic acids is 1. The lowest BCUT2D eigenvalue weighted by atomic mass is 10.1. The maximum Gasteiger partial charge on any atom is 0.287 e. The predicted molar refractivity (Wildman–Crippen MR) is 75.3 cm³/mol. The number of methoxy groups -OCH3 is 1. The molecule has 1 aromatic carbocycles. The lowest BCUT2D eigenvalue weighted by Crippen LogP contribution is -2.22. The van der Waals surface area contributed by atoms with Gasteiger partial charge in [0.25, 0.3) is 5.91 Å². The minimum Gasteiger partial charge on any atom is -0.496 e. The standard InChI is InChI=1S/C14H14BrNO3/c1-9-7-10(3-4-11(9)18-2)8-16-14(17)12-5-6-13(15)19-12/h3-7H,8H2,1-2H3,(H,16,17). The van der Waals surface area contributed by atoms with Crippen LogP contribution in [0.15, 0.2) is 39.4 Å². The molecule has 2 rings (SSSR count). The van der Waals surface area contributed by atoms with Crippen molar-refractivity contribution in [1.82, 2.24) is 5.32 Å². The summed E-state index contributed by atoms with van der Waals surface area (Å²) < 4.78 is 10.9. The largest absolute Gasteiger partial charge is 0.496 e. The highest BCUT2D eigenvalue weighted by Crippen LogP contribution is 2.18. The fourth-order valence-corrected chi connectivity index (χ4v) is 2.06. The van der Waals surface area contributed by atoms with Crippen LogP contribution in [0.25, 0.3) is 0 Å². The average molecular weight is 324 g/mol. The molecule has 5 heteroatoms. The smallest absolute Gasteiger partial charge is 0.287 e. The Hall–Kier alpha value is -1.75. The van der Waals surface area contributed by atoms with Gasteiger partial charge in [0.1, 0.15) is 5.75 Å². The number of hydrogen-bond acceptors (Lipinski definition) is 3. The minimum atomic E-state index is -0.237. The van der Waals surface area contributed by atoms with E-state index in [1.807, 2.05) is 25.1 Å². The molecule has 1 amide bonds. The minimum absolute atomic E-state index is 0.237. The summed E-state index contributed by atoms with van der Waals surface area (Å²) in [6.07, 6.45) is 0. The molecular formula is C14H14BrNO3. The van der Waals surface area contributed by atoms with Gasteiger partial charge < -0.3 is 14.5 Å². The summed E-state index contributed by atoms with van der Waals surface area (Å²) in [5, 5.41) is 2.80. The van der Waals surface area contributed by atoms with E-state index in [9.17, 15) is 4.79 Å². The molecule has 0 aliphatic carbocycles. The molecule has 0 spiro atoms. The lowest BCUT2D eigenvalue weighted by molar-refractivity contribution is 0.0922. The van der Waals surface area contributed by atoms with Crippen LogP contribution in [0.3, 0.4) is 0 Å². The molecule has 4 nitrogen and oxygen atoms in total. The summed E-state index contributed by atoms with van der Waals surface area (Å²) in [6, 6.07) is 9.10. The van der Waals surface area contributed by atoms with Crippen molar-refractivity contribution in [2.45, 2.75) is 13.5 Å². The Morgan fingerprint density at radius 2 is 2.16 bits per heavy atom. The first-order valence-corrected chi connectivity index (χ1v) is 6.56. The van der Waals surface area contributed by atoms with Gasteiger partial charge in [-0.1, -0.05) is 12.1 Å². The number of rotatable bonds is 4. The van der Waals surface area contributed by atoms with Crippen molar-refractivity contribution in [1.29, 1.82) is 0 Å². The van der Waals surface area contributed by atoms with Crippen molar-refractivity contribution in [3.63, 3.8) is 0 Å². The molecule has 100 valence electrons. The molecule has 0 saturated carbocycles. The van der Waals surface area contributed by atoms with Gasteiger partial charge in [0.05, 0.1) is 7.11 Å². The molecule has 0 saturated heterocycles. The van der Waals surface area contributed by atoms with E-state index in [0.717, 1.165) is 16.9 Å². The zero-order valence-corrected chi connectivity index (χ0v) is 12.3. The van der Waals surface area contributed by atoms with E-state index >= 15 is 0 Å². The first-order chi connectivity index (χ1) is 9.10. The van der Waals surface area contributed by atoms with Gasteiger partial charge in [-0.05, 0) is 52.2 Å². The van der Waals surface area contributed by atoms with Crippen LogP contribution < -0.4 is 10.1 Å². The van der Waals surface area contributed by atoms with E-state index in [-0.39, 0.29) is 11.7 Å². The van der Waals surface area contributed by atoms with Crippen LogP contribution in [0.1, 0.15) is 21.7 Å². The highest BCUT2D eigenvalue weighted by molar-refractivity contribution is 9.10. The summed E-state index contributed by atoms with van der Waals surface area (Å²) >= 11 is 3.16. The third kappa shape index (κ3) is 3.38. The van der Waals surface area contributed by atoms with Crippen molar-refractivity contribution < 1.29 is 13.9 Å². The van der Waals surface area contributed by atoms with Gasteiger partial charge in [0.2, 0.25) is 0 Å². The molecule has 0 bridgehead atoms. The maximum absolute atomic E-state index is 11.8. The van der Waals surface area contributed by atoms with Crippen LogP contribution in [-0.2, 0) is 6.54 Å². The first-order valence-electron chi connectivity index (χ1n) is 5.77. The molecule has 0 fully saturated rings. The zero-order chi connectivity index (χ0) is 13.8. The number of ether oxygens (including phenoxy) is 1. The number of amides is 1. The number of halogens is 1. The molecule has 2 aromatic rings. The predicted octanol–water partition coefficient (Wildman–Crippen LogP) is 3.29. The summed E-state index contributed by atoms with van der Waals surface area (Å²) in [5.74, 6) is 0.890. The van der Waals surface area contributed by atoms with Crippen molar-refractivity contribution >= 4 is 21.8 Å². The second-order valence-corrected chi connectivity index (χ2v) is 4.87. The molecule has 1 heterocycles. The summed E-state index contributed by atoms with van der Waals surface area (Å²) in [4.78, 5) is 11.8. The average Bonchev–Trinajstić information content (AvgIpc) is 2.83. The number of furan rings is 1. The van der Waals surface area contributed by atoms with Crippen LogP contribution in [0.5, 0.6) is 5.75 Å². The van der Waals surface area contributed by atoms with Gasteiger partial charge in [0.15, 0.2) is 10.4 Å². The fourth-order valence-electron chi connectivity index (χ4n) is 1.76. The van der Waals surface area contributed by atoms with Crippen LogP contribution in [-0.4, -0.2) is 13.0 Å². The Kier molecular flexibility index (Phi) is 4.27. The molecule has 1 N–H and O–H groups in total. The van der Waals surface area contributed by atoms with E-state index in [1.165, 1.54) is 0 Å². The second-order valence-electron chi connectivity index (χ2n) is 4.09. The Morgan fingerprint density at radius 3 is 2.74 bits per heavy atom. The Bertz CT molecular complexity index is 592. The zero-order valence-electron chi connectivity index (χ0n) is 10.7. The Labute approximate surface area is 119 Å². The van der Waals surface area contributed by atoms with Crippen molar-refractivity contribution in [3.05, 3.63) is 51.9 Å². The van der Waals surface area contributed by atoms with Crippen LogP contribution in [0, 0.1) is 6.92 Å². The Balaban J connectivity index is 1.99. The van der Waals surface area contributed by atoms with E-state index in [0.29, 0.717) is 11.2 Å².